The second-order valence-electron chi connectivity index (χ2n) is 3.88. The van der Waals surface area contributed by atoms with Crippen LogP contribution in [0.15, 0.2) is 41.9 Å². The lowest BCUT2D eigenvalue weighted by atomic mass is 10.1. The first-order chi connectivity index (χ1) is 9.70. The normalized spacial score (nSPS) is 11.2. The van der Waals surface area contributed by atoms with Crippen molar-refractivity contribution in [1.82, 2.24) is 4.98 Å². The van der Waals surface area contributed by atoms with Gasteiger partial charge in [-0.25, -0.2) is 4.98 Å². The van der Waals surface area contributed by atoms with E-state index in [1.807, 2.05) is 29.6 Å². The van der Waals surface area contributed by atoms with Gasteiger partial charge in [0.15, 0.2) is 0 Å². The fourth-order valence-corrected chi connectivity index (χ4v) is 2.14. The summed E-state index contributed by atoms with van der Waals surface area (Å²) in [6.45, 7) is 0.270. The number of aromatic nitrogens is 1. The van der Waals surface area contributed by atoms with E-state index in [1.54, 1.807) is 13.3 Å². The van der Waals surface area contributed by atoms with Crippen molar-refractivity contribution >= 4 is 22.9 Å². The summed E-state index contributed by atoms with van der Waals surface area (Å²) in [7, 11) is 1.58. The lowest BCUT2D eigenvalue weighted by Gasteiger charge is -2.08. The highest BCUT2D eigenvalue weighted by molar-refractivity contribution is 7.09. The zero-order valence-electron chi connectivity index (χ0n) is 11.0. The number of hydrogen-bond donors (Lipinski definition) is 2. The van der Waals surface area contributed by atoms with Crippen LogP contribution < -0.4 is 10.5 Å². The number of hydrogen-bond acceptors (Lipinski definition) is 6. The molecule has 0 saturated heterocycles. The van der Waals surface area contributed by atoms with Crippen molar-refractivity contribution in [2.75, 3.05) is 7.11 Å². The number of para-hydroxylation sites is 1. The van der Waals surface area contributed by atoms with Gasteiger partial charge in [-0.1, -0.05) is 12.1 Å². The van der Waals surface area contributed by atoms with Gasteiger partial charge >= 0.3 is 0 Å². The summed E-state index contributed by atoms with van der Waals surface area (Å²) in [6.07, 6.45) is 3.16. The summed E-state index contributed by atoms with van der Waals surface area (Å²) in [5, 5.41) is 10.4. The molecule has 0 amide bonds. The van der Waals surface area contributed by atoms with Crippen LogP contribution in [0, 0.1) is 5.41 Å². The third-order valence-electron chi connectivity index (χ3n) is 2.54. The van der Waals surface area contributed by atoms with Crippen LogP contribution in [0.1, 0.15) is 10.6 Å². The van der Waals surface area contributed by atoms with Crippen LogP contribution in [0.25, 0.3) is 5.70 Å². The predicted octanol–water partition coefficient (Wildman–Crippen LogP) is 2.65. The molecule has 104 valence electrons. The van der Waals surface area contributed by atoms with Gasteiger partial charge in [0.1, 0.15) is 17.4 Å². The van der Waals surface area contributed by atoms with Crippen molar-refractivity contribution in [1.29, 1.82) is 5.41 Å². The quantitative estimate of drug-likeness (QED) is 0.655. The number of nitrogens with two attached hydrogens (primary N) is 1. The van der Waals surface area contributed by atoms with Gasteiger partial charge in [-0.15, -0.1) is 11.3 Å². The van der Waals surface area contributed by atoms with Crippen molar-refractivity contribution in [3.8, 4) is 5.75 Å². The number of nitrogens with zero attached hydrogens (tertiary/aromatic N) is 1. The first kappa shape index (κ1) is 14.1. The third-order valence-corrected chi connectivity index (χ3v) is 3.29. The van der Waals surface area contributed by atoms with Gasteiger partial charge in [0, 0.05) is 28.9 Å². The van der Waals surface area contributed by atoms with Gasteiger partial charge in [-0.2, -0.15) is 0 Å². The molecule has 3 N–H and O–H groups in total. The zero-order valence-corrected chi connectivity index (χ0v) is 11.8. The molecule has 0 bridgehead atoms. The molecule has 1 aromatic heterocycles. The molecule has 0 spiro atoms. The number of ether oxygens (including phenoxy) is 2. The van der Waals surface area contributed by atoms with Crippen molar-refractivity contribution in [3.63, 3.8) is 0 Å². The summed E-state index contributed by atoms with van der Waals surface area (Å²) in [6, 6.07) is 7.37. The Balaban J connectivity index is 2.03. The average molecular weight is 289 g/mol. The molecule has 6 heteroatoms. The molecule has 5 nitrogen and oxygen atoms in total. The summed E-state index contributed by atoms with van der Waals surface area (Å²) < 4.78 is 10.5. The number of nitrogens with one attached hydrogen (secondary N) is 1. The fourth-order valence-electron chi connectivity index (χ4n) is 1.61. The Morgan fingerprint density at radius 2 is 2.25 bits per heavy atom. The van der Waals surface area contributed by atoms with Gasteiger partial charge < -0.3 is 15.2 Å². The minimum absolute atomic E-state index is 0.0105. The molecule has 0 atom stereocenters. The molecule has 1 aromatic carbocycles. The van der Waals surface area contributed by atoms with Crippen LogP contribution in [0.4, 0.5) is 0 Å². The maximum absolute atomic E-state index is 7.76. The van der Waals surface area contributed by atoms with E-state index < -0.39 is 0 Å². The Morgan fingerprint density at radius 1 is 1.45 bits per heavy atom. The number of thiazole rings is 1. The fraction of sp³-hybridized carbons (Fsp3) is 0.143. The zero-order chi connectivity index (χ0) is 14.4. The number of benzene rings is 1. The predicted molar refractivity (Wildman–Crippen MR) is 79.8 cm³/mol. The Bertz CT molecular complexity index is 609. The SMILES string of the molecule is COc1ccccc1/C(N)=C/C(=N)OCc1nccs1. The lowest BCUT2D eigenvalue weighted by molar-refractivity contribution is 0.292. The summed E-state index contributed by atoms with van der Waals surface area (Å²) >= 11 is 1.48. The largest absolute Gasteiger partial charge is 0.496 e. The molecule has 0 unspecified atom stereocenters. The maximum atomic E-state index is 7.76. The Kier molecular flexibility index (Phi) is 4.73. The highest BCUT2D eigenvalue weighted by atomic mass is 32.1. The van der Waals surface area contributed by atoms with Gasteiger partial charge in [0.05, 0.1) is 7.11 Å². The van der Waals surface area contributed by atoms with Crippen molar-refractivity contribution < 1.29 is 9.47 Å². The minimum Gasteiger partial charge on any atom is -0.496 e. The average Bonchev–Trinajstić information content (AvgIpc) is 2.98. The summed E-state index contributed by atoms with van der Waals surface area (Å²) in [5.41, 5.74) is 7.13. The lowest BCUT2D eigenvalue weighted by Crippen LogP contribution is -2.06. The standard InChI is InChI=1S/C14H15N3O2S/c1-18-12-5-3-2-4-10(12)11(15)8-13(16)19-9-14-17-6-7-20-14/h2-8,16H,9,15H2,1H3/b11-8-,16-13?. The molecule has 0 fully saturated rings. The molecule has 20 heavy (non-hydrogen) atoms. The van der Waals surface area contributed by atoms with Crippen LogP contribution in [0.2, 0.25) is 0 Å². The molecule has 1 heterocycles. The minimum atomic E-state index is -0.0105. The first-order valence-electron chi connectivity index (χ1n) is 5.91. The number of rotatable bonds is 5. The molecule has 0 aliphatic heterocycles. The Labute approximate surface area is 121 Å². The Morgan fingerprint density at radius 3 is 2.95 bits per heavy atom. The van der Waals surface area contributed by atoms with Crippen LogP contribution in [-0.2, 0) is 11.3 Å². The maximum Gasteiger partial charge on any atom is 0.208 e. The van der Waals surface area contributed by atoms with E-state index in [0.717, 1.165) is 10.6 Å². The van der Waals surface area contributed by atoms with Crippen LogP contribution in [0.5, 0.6) is 5.75 Å². The smallest absolute Gasteiger partial charge is 0.208 e. The van der Waals surface area contributed by atoms with Gasteiger partial charge in [-0.05, 0) is 12.1 Å². The second kappa shape index (κ2) is 6.72. The van der Waals surface area contributed by atoms with Crippen LogP contribution >= 0.6 is 11.3 Å². The summed E-state index contributed by atoms with van der Waals surface area (Å²) in [4.78, 5) is 4.08. The van der Waals surface area contributed by atoms with Gasteiger partial charge in [0.25, 0.3) is 0 Å². The van der Waals surface area contributed by atoms with Crippen LogP contribution in [-0.4, -0.2) is 18.0 Å². The van der Waals surface area contributed by atoms with E-state index in [9.17, 15) is 0 Å². The van der Waals surface area contributed by atoms with E-state index in [2.05, 4.69) is 4.98 Å². The molecular weight excluding hydrogens is 274 g/mol. The molecule has 0 saturated carbocycles. The highest BCUT2D eigenvalue weighted by Gasteiger charge is 2.06. The summed E-state index contributed by atoms with van der Waals surface area (Å²) in [5.74, 6) is 0.651. The van der Waals surface area contributed by atoms with E-state index in [0.29, 0.717) is 11.4 Å². The molecule has 0 radical (unpaired) electrons. The van der Waals surface area contributed by atoms with E-state index >= 15 is 0 Å². The Hall–Kier alpha value is -2.34. The van der Waals surface area contributed by atoms with Crippen molar-refractivity contribution in [3.05, 3.63) is 52.5 Å². The first-order valence-corrected chi connectivity index (χ1v) is 6.79. The van der Waals surface area contributed by atoms with E-state index in [1.165, 1.54) is 17.4 Å². The third kappa shape index (κ3) is 3.58. The van der Waals surface area contributed by atoms with Crippen LogP contribution in [0.3, 0.4) is 0 Å². The van der Waals surface area contributed by atoms with E-state index in [-0.39, 0.29) is 12.5 Å². The molecule has 0 aliphatic carbocycles. The highest BCUT2D eigenvalue weighted by Crippen LogP contribution is 2.22. The van der Waals surface area contributed by atoms with Crippen molar-refractivity contribution in [2.45, 2.75) is 6.61 Å². The molecule has 0 aliphatic rings. The van der Waals surface area contributed by atoms with Crippen molar-refractivity contribution in [2.24, 2.45) is 5.73 Å². The molecule has 2 rings (SSSR count). The van der Waals surface area contributed by atoms with Gasteiger partial charge in [-0.3, -0.25) is 5.41 Å². The monoisotopic (exact) mass is 289 g/mol. The second-order valence-corrected chi connectivity index (χ2v) is 4.86. The van der Waals surface area contributed by atoms with E-state index in [4.69, 9.17) is 20.6 Å². The van der Waals surface area contributed by atoms with Gasteiger partial charge in [0.2, 0.25) is 5.90 Å². The molecular formula is C14H15N3O2S. The number of methoxy groups -OCH3 is 1. The topological polar surface area (TPSA) is 81.2 Å². The molecule has 2 aromatic rings.